The lowest BCUT2D eigenvalue weighted by molar-refractivity contribution is -0.274. The molecule has 53 heavy (non-hydrogen) atoms. The molecule has 13 nitrogen and oxygen atoms in total. The van der Waals surface area contributed by atoms with Crippen molar-refractivity contribution in [2.24, 2.45) is 11.5 Å². The van der Waals surface area contributed by atoms with Gasteiger partial charge in [0.15, 0.2) is 0 Å². The number of ether oxygens (including phenoxy) is 2. The van der Waals surface area contributed by atoms with Crippen LogP contribution in [0.5, 0.6) is 11.6 Å². The quantitative estimate of drug-likeness (QED) is 0.127. The second-order valence-corrected chi connectivity index (χ2v) is 13.1. The summed E-state index contributed by atoms with van der Waals surface area (Å²) in [4.78, 5) is 58.6. The topological polar surface area (TPSA) is 185 Å². The fraction of sp³-hybridized carbons (Fsp3) is 0.514. The maximum atomic E-state index is 12.8. The van der Waals surface area contributed by atoms with Crippen LogP contribution in [0.2, 0.25) is 0 Å². The number of aryl methyl sites for hydroxylation is 1. The molecule has 1 saturated heterocycles. The summed E-state index contributed by atoms with van der Waals surface area (Å²) in [5, 5.41) is 2.97. The van der Waals surface area contributed by atoms with Crippen molar-refractivity contribution < 1.29 is 41.8 Å². The van der Waals surface area contributed by atoms with Crippen molar-refractivity contribution in [1.29, 1.82) is 0 Å². The summed E-state index contributed by atoms with van der Waals surface area (Å²) in [6.45, 7) is 2.09. The minimum atomic E-state index is -4.79. The lowest BCUT2D eigenvalue weighted by Gasteiger charge is -2.32. The minimum absolute atomic E-state index is 0.0332. The van der Waals surface area contributed by atoms with E-state index < -0.39 is 12.3 Å². The molecule has 0 radical (unpaired) electrons. The number of carbonyl (C=O) groups excluding carboxylic acids is 4. The third kappa shape index (κ3) is 14.4. The molecule has 0 unspecified atom stereocenters. The summed E-state index contributed by atoms with van der Waals surface area (Å²) in [5.41, 5.74) is 12.7. The summed E-state index contributed by atoms with van der Waals surface area (Å²) in [5.74, 6) is -1.32. The van der Waals surface area contributed by atoms with Crippen LogP contribution in [0.1, 0.15) is 93.0 Å². The van der Waals surface area contributed by atoms with E-state index in [9.17, 15) is 32.3 Å². The largest absolute Gasteiger partial charge is 0.573 e. The number of nitrogens with one attached hydrogen (secondary N) is 1. The molecular weight excluding hydrogens is 695 g/mol. The number of pyridine rings is 1. The number of piperidine rings is 1. The van der Waals surface area contributed by atoms with Gasteiger partial charge in [-0.2, -0.15) is 0 Å². The summed E-state index contributed by atoms with van der Waals surface area (Å²) in [6.07, 6.45) is 9.34. The van der Waals surface area contributed by atoms with Crippen LogP contribution in [0.25, 0.3) is 11.3 Å². The molecule has 0 aliphatic carbocycles. The number of rotatable bonds is 21. The molecule has 3 aromatic rings. The Morgan fingerprint density at radius 1 is 0.887 bits per heavy atom. The number of likely N-dealkylation sites (tertiary alicyclic amines) is 1. The van der Waals surface area contributed by atoms with Crippen LogP contribution in [-0.4, -0.2) is 75.2 Å². The molecule has 0 atom stereocenters. The highest BCUT2D eigenvalue weighted by atomic mass is 19.4. The van der Waals surface area contributed by atoms with E-state index in [0.717, 1.165) is 51.4 Å². The van der Waals surface area contributed by atoms with Crippen molar-refractivity contribution in [2.45, 2.75) is 102 Å². The molecule has 0 bridgehead atoms. The van der Waals surface area contributed by atoms with E-state index >= 15 is 0 Å². The molecule has 1 aliphatic rings. The number of halogens is 3. The highest BCUT2D eigenvalue weighted by molar-refractivity contribution is 5.96. The Labute approximate surface area is 306 Å². The lowest BCUT2D eigenvalue weighted by atomic mass is 10.1. The van der Waals surface area contributed by atoms with Crippen LogP contribution in [0, 0.1) is 0 Å². The summed E-state index contributed by atoms with van der Waals surface area (Å²) < 4.78 is 49.1. The number of benzene rings is 1. The fourth-order valence-corrected chi connectivity index (χ4v) is 6.00. The number of nitrogens with zero attached hydrogens (tertiary/aromatic N) is 4. The van der Waals surface area contributed by atoms with Crippen LogP contribution in [0.15, 0.2) is 49.1 Å². The van der Waals surface area contributed by atoms with Gasteiger partial charge in [-0.15, -0.1) is 13.2 Å². The van der Waals surface area contributed by atoms with Gasteiger partial charge in [-0.3, -0.25) is 19.2 Å². The average Bonchev–Trinajstić information content (AvgIpc) is 3.58. The van der Waals surface area contributed by atoms with Gasteiger partial charge >= 0.3 is 6.36 Å². The average molecular weight is 744 g/mol. The van der Waals surface area contributed by atoms with Crippen LogP contribution in [0.3, 0.4) is 0 Å². The molecular formula is C37H48F3N7O6. The maximum absolute atomic E-state index is 12.8. The van der Waals surface area contributed by atoms with E-state index in [4.69, 9.17) is 16.2 Å². The van der Waals surface area contributed by atoms with Crippen LogP contribution in [0.4, 0.5) is 13.2 Å². The monoisotopic (exact) mass is 743 g/mol. The van der Waals surface area contributed by atoms with Gasteiger partial charge < -0.3 is 35.7 Å². The van der Waals surface area contributed by atoms with E-state index in [1.807, 2.05) is 10.8 Å². The molecule has 0 spiro atoms. The smallest absolute Gasteiger partial charge is 0.474 e. The molecule has 1 fully saturated rings. The van der Waals surface area contributed by atoms with Crippen molar-refractivity contribution in [3.05, 3.63) is 60.2 Å². The predicted molar refractivity (Wildman–Crippen MR) is 189 cm³/mol. The Hall–Kier alpha value is -5.15. The van der Waals surface area contributed by atoms with Crippen molar-refractivity contribution in [3.8, 4) is 22.9 Å². The molecule has 3 heterocycles. The Morgan fingerprint density at radius 2 is 1.57 bits per heavy atom. The number of carbonyl (C=O) groups is 4. The number of hydrogen-bond donors (Lipinski definition) is 3. The van der Waals surface area contributed by atoms with E-state index in [2.05, 4.69) is 20.0 Å². The number of hydrogen-bond acceptors (Lipinski definition) is 8. The van der Waals surface area contributed by atoms with E-state index in [-0.39, 0.29) is 47.4 Å². The van der Waals surface area contributed by atoms with Crippen molar-refractivity contribution in [3.63, 3.8) is 0 Å². The van der Waals surface area contributed by atoms with Crippen LogP contribution < -0.4 is 26.3 Å². The first-order valence-electron chi connectivity index (χ1n) is 18.0. The van der Waals surface area contributed by atoms with Crippen molar-refractivity contribution >= 4 is 23.6 Å². The summed E-state index contributed by atoms with van der Waals surface area (Å²) in [6, 6.07) is 6.80. The zero-order chi connectivity index (χ0) is 38.2. The predicted octanol–water partition coefficient (Wildman–Crippen LogP) is 5.06. The van der Waals surface area contributed by atoms with E-state index in [0.29, 0.717) is 68.7 Å². The number of nitrogens with two attached hydrogens (primary N) is 2. The Bertz CT molecular complexity index is 1660. The lowest BCUT2D eigenvalue weighted by Crippen LogP contribution is -2.42. The van der Waals surface area contributed by atoms with E-state index in [1.165, 1.54) is 24.3 Å². The molecule has 16 heteroatoms. The molecule has 0 saturated carbocycles. The summed E-state index contributed by atoms with van der Waals surface area (Å²) in [7, 11) is 0. The Balaban J connectivity index is 1.15. The van der Waals surface area contributed by atoms with Gasteiger partial charge in [0.05, 0.1) is 18.4 Å². The fourth-order valence-electron chi connectivity index (χ4n) is 6.00. The first-order valence-corrected chi connectivity index (χ1v) is 18.0. The van der Waals surface area contributed by atoms with E-state index in [1.54, 1.807) is 23.5 Å². The number of amides is 4. The van der Waals surface area contributed by atoms with Crippen LogP contribution in [-0.2, 0) is 27.3 Å². The number of aromatic nitrogens is 3. The molecule has 4 rings (SSSR count). The molecule has 1 aliphatic heterocycles. The zero-order valence-corrected chi connectivity index (χ0v) is 29.7. The first kappa shape index (κ1) is 40.6. The Kier molecular flexibility index (Phi) is 15.5. The minimum Gasteiger partial charge on any atom is -0.474 e. The number of alkyl halides is 3. The third-order valence-corrected chi connectivity index (χ3v) is 8.87. The second kappa shape index (κ2) is 20.2. The van der Waals surface area contributed by atoms with Gasteiger partial charge in [0.2, 0.25) is 23.6 Å². The first-order chi connectivity index (χ1) is 25.4. The zero-order valence-electron chi connectivity index (χ0n) is 29.7. The van der Waals surface area contributed by atoms with Gasteiger partial charge in [-0.1, -0.05) is 37.8 Å². The molecule has 2 aromatic heterocycles. The third-order valence-electron chi connectivity index (χ3n) is 8.87. The second-order valence-electron chi connectivity index (χ2n) is 13.1. The van der Waals surface area contributed by atoms with Gasteiger partial charge in [0.25, 0.3) is 5.91 Å². The molecule has 5 N–H and O–H groups in total. The molecule has 1 aromatic carbocycles. The van der Waals surface area contributed by atoms with Gasteiger partial charge in [-0.05, 0) is 49.4 Å². The van der Waals surface area contributed by atoms with Gasteiger partial charge in [0, 0.05) is 69.8 Å². The highest BCUT2D eigenvalue weighted by Crippen LogP contribution is 2.27. The van der Waals surface area contributed by atoms with Crippen LogP contribution >= 0.6 is 0 Å². The van der Waals surface area contributed by atoms with Gasteiger partial charge in [-0.25, -0.2) is 9.97 Å². The summed E-state index contributed by atoms with van der Waals surface area (Å²) >= 11 is 0. The number of unbranched alkanes of at least 4 members (excludes halogenated alkanes) is 6. The standard InChI is InChI=1S/C37H48F3N7O6/c38-37(39,40)53-29-13-11-26(12-14-29)21-34(50)47-19-15-28(16-20-47)52-36-30(35(42)51)22-27(23-44-36)31-24-46(25-45-31)18-8-7-17-43-33(49)10-6-4-2-1-3-5-9-32(41)48/h11-14,22-25,28H,1-10,15-21H2,(H2,41,48)(H2,42,51)(H,43,49). The highest BCUT2D eigenvalue weighted by Gasteiger charge is 2.31. The number of imidazole rings is 1. The Morgan fingerprint density at radius 3 is 2.23 bits per heavy atom. The maximum Gasteiger partial charge on any atom is 0.573 e. The molecule has 4 amide bonds. The normalized spacial score (nSPS) is 13.5. The number of primary amides is 2. The SMILES string of the molecule is NC(=O)CCCCCCCCC(=O)NCCCCn1cnc(-c2cnc(OC3CCN(C(=O)Cc4ccc(OC(F)(F)F)cc4)CC3)c(C(N)=O)c2)c1. The molecule has 288 valence electrons. The van der Waals surface area contributed by atoms with Gasteiger partial charge in [0.1, 0.15) is 17.4 Å². The van der Waals surface area contributed by atoms with Crippen molar-refractivity contribution in [1.82, 2.24) is 24.8 Å². The van der Waals surface area contributed by atoms with Crippen molar-refractivity contribution in [2.75, 3.05) is 19.6 Å².